The Labute approximate surface area is 247 Å². The molecule has 0 radical (unpaired) electrons. The molecular weight excluding hydrogens is 565 g/mol. The minimum atomic E-state index is -1.02. The highest BCUT2D eigenvalue weighted by Crippen LogP contribution is 2.63. The fourth-order valence-electron chi connectivity index (χ4n) is 5.36. The van der Waals surface area contributed by atoms with E-state index in [4.69, 9.17) is 29.0 Å². The zero-order valence-corrected chi connectivity index (χ0v) is 24.1. The first kappa shape index (κ1) is 28.0. The van der Waals surface area contributed by atoms with Crippen LogP contribution in [0.4, 0.5) is 10.1 Å². The van der Waals surface area contributed by atoms with Crippen LogP contribution in [0.5, 0.6) is 0 Å². The summed E-state index contributed by atoms with van der Waals surface area (Å²) in [6, 6.07) is 30.3. The Morgan fingerprint density at radius 1 is 0.925 bits per heavy atom. The number of nitro benzene ring substituents is 1. The fourth-order valence-corrected chi connectivity index (χ4v) is 7.26. The van der Waals surface area contributed by atoms with Crippen LogP contribution >= 0.6 is 36.0 Å². The van der Waals surface area contributed by atoms with Gasteiger partial charge in [0.2, 0.25) is 0 Å². The van der Waals surface area contributed by atoms with Crippen molar-refractivity contribution in [3.8, 4) is 0 Å². The molecule has 0 saturated carbocycles. The summed E-state index contributed by atoms with van der Waals surface area (Å²) in [6.45, 7) is 0. The number of hydrogen-bond donors (Lipinski definition) is 1. The van der Waals surface area contributed by atoms with Gasteiger partial charge in [-0.15, -0.1) is 11.8 Å². The second-order valence-corrected chi connectivity index (χ2v) is 11.2. The summed E-state index contributed by atoms with van der Waals surface area (Å²) in [4.78, 5) is 12.0. The molecule has 1 aliphatic rings. The number of ether oxygens (including phenoxy) is 1. The highest BCUT2D eigenvalue weighted by Gasteiger charge is 2.50. The smallest absolute Gasteiger partial charge is 0.269 e. The van der Waals surface area contributed by atoms with Gasteiger partial charge < -0.3 is 4.74 Å². The van der Waals surface area contributed by atoms with Crippen LogP contribution in [-0.4, -0.2) is 18.3 Å². The van der Waals surface area contributed by atoms with Gasteiger partial charge in [-0.05, 0) is 52.8 Å². The highest BCUT2D eigenvalue weighted by atomic mass is 35.5. The predicted octanol–water partition coefficient (Wildman–Crippen LogP) is 9.14. The van der Waals surface area contributed by atoms with Crippen molar-refractivity contribution in [2.24, 2.45) is 0 Å². The summed E-state index contributed by atoms with van der Waals surface area (Å²) in [5.74, 6) is -0.156. The number of halogens is 2. The molecular formula is C32H25ClFNO3S2. The van der Waals surface area contributed by atoms with Crippen molar-refractivity contribution in [1.29, 1.82) is 0 Å². The minimum absolute atomic E-state index is 0.0150. The third-order valence-corrected chi connectivity index (χ3v) is 9.18. The molecule has 1 aliphatic carbocycles. The lowest BCUT2D eigenvalue weighted by Crippen LogP contribution is -2.35. The van der Waals surface area contributed by atoms with Gasteiger partial charge in [0, 0.05) is 39.1 Å². The van der Waals surface area contributed by atoms with Gasteiger partial charge in [0.05, 0.1) is 16.8 Å². The Bertz CT molecular complexity index is 1610. The molecule has 0 bridgehead atoms. The highest BCUT2D eigenvalue weighted by molar-refractivity contribution is 8.03. The van der Waals surface area contributed by atoms with Gasteiger partial charge in [0.1, 0.15) is 11.6 Å². The first-order valence-corrected chi connectivity index (χ1v) is 14.5. The Morgan fingerprint density at radius 3 is 2.10 bits per heavy atom. The first-order valence-electron chi connectivity index (χ1n) is 12.4. The summed E-state index contributed by atoms with van der Waals surface area (Å²) in [6.07, 6.45) is 1.98. The van der Waals surface area contributed by atoms with E-state index in [1.165, 1.54) is 24.3 Å². The van der Waals surface area contributed by atoms with Crippen LogP contribution in [0.2, 0.25) is 5.02 Å². The summed E-state index contributed by atoms with van der Waals surface area (Å²) >= 11 is 13.3. The second-order valence-electron chi connectivity index (χ2n) is 9.28. The SMILES string of the molecule is COC1=C(c2ccc(Cl)cc2)C(c2ccc(F)cc2)C(S)(c2ccc([N+](=O)[O-])cc2)C(SC)=C1c1ccccc1. The largest absolute Gasteiger partial charge is 0.496 e. The molecule has 0 aliphatic heterocycles. The van der Waals surface area contributed by atoms with Gasteiger partial charge in [0.25, 0.3) is 5.69 Å². The Hall–Kier alpha value is -3.52. The number of non-ortho nitro benzene ring substituents is 1. The maximum Gasteiger partial charge on any atom is 0.269 e. The molecule has 2 unspecified atom stereocenters. The van der Waals surface area contributed by atoms with Crippen molar-refractivity contribution in [3.05, 3.63) is 157 Å². The molecule has 0 fully saturated rings. The third kappa shape index (κ3) is 4.94. The molecule has 4 nitrogen and oxygen atoms in total. The third-order valence-electron chi connectivity index (χ3n) is 7.10. The minimum Gasteiger partial charge on any atom is -0.496 e. The molecule has 0 amide bonds. The number of thiol groups is 1. The van der Waals surface area contributed by atoms with E-state index < -0.39 is 15.6 Å². The predicted molar refractivity (Wildman–Crippen MR) is 165 cm³/mol. The number of methoxy groups -OCH3 is 1. The maximum absolute atomic E-state index is 14.2. The lowest BCUT2D eigenvalue weighted by Gasteiger charge is -2.45. The number of thioether (sulfide) groups is 1. The summed E-state index contributed by atoms with van der Waals surface area (Å²) in [7, 11) is 1.64. The van der Waals surface area contributed by atoms with Gasteiger partial charge in [-0.25, -0.2) is 4.39 Å². The molecule has 0 saturated heterocycles. The van der Waals surface area contributed by atoms with Crippen LogP contribution < -0.4 is 0 Å². The van der Waals surface area contributed by atoms with E-state index >= 15 is 0 Å². The Morgan fingerprint density at radius 2 is 1.55 bits per heavy atom. The second kappa shape index (κ2) is 11.5. The monoisotopic (exact) mass is 589 g/mol. The van der Waals surface area contributed by atoms with E-state index in [2.05, 4.69) is 0 Å². The van der Waals surface area contributed by atoms with Crippen LogP contribution in [0.25, 0.3) is 11.1 Å². The molecule has 5 rings (SSSR count). The normalized spacial score (nSPS) is 19.1. The van der Waals surface area contributed by atoms with E-state index in [-0.39, 0.29) is 11.5 Å². The number of allylic oxidation sites excluding steroid dienone is 2. The van der Waals surface area contributed by atoms with Crippen molar-refractivity contribution in [1.82, 2.24) is 0 Å². The van der Waals surface area contributed by atoms with E-state index in [1.54, 1.807) is 43.1 Å². The summed E-state index contributed by atoms with van der Waals surface area (Å²) < 4.78 is 19.4. The van der Waals surface area contributed by atoms with Crippen molar-refractivity contribution in [2.75, 3.05) is 13.4 Å². The van der Waals surface area contributed by atoms with Gasteiger partial charge in [0.15, 0.2) is 0 Å². The summed E-state index contributed by atoms with van der Waals surface area (Å²) in [5, 5.41) is 12.1. The van der Waals surface area contributed by atoms with E-state index in [0.29, 0.717) is 10.8 Å². The van der Waals surface area contributed by atoms with E-state index in [9.17, 15) is 14.5 Å². The number of benzene rings is 4. The van der Waals surface area contributed by atoms with Crippen LogP contribution in [0.15, 0.2) is 114 Å². The molecule has 40 heavy (non-hydrogen) atoms. The standard InChI is InChI=1S/C32H25ClFNO3S2/c1-38-30-27(21-8-14-24(33)15-9-21)29(22-10-16-25(34)17-11-22)32(39,23-12-18-26(19-13-23)35(36)37)31(40-2)28(30)20-6-4-3-5-7-20/h3-19,29,39H,1-2H3. The Kier molecular flexibility index (Phi) is 8.08. The fraction of sp³-hybridized carbons (Fsp3) is 0.125. The maximum atomic E-state index is 14.2. The molecule has 0 aromatic heterocycles. The van der Waals surface area contributed by atoms with Crippen LogP contribution in [-0.2, 0) is 9.48 Å². The lowest BCUT2D eigenvalue weighted by atomic mass is 9.68. The van der Waals surface area contributed by atoms with Crippen molar-refractivity contribution >= 4 is 52.8 Å². The van der Waals surface area contributed by atoms with Crippen molar-refractivity contribution in [2.45, 2.75) is 10.7 Å². The Balaban J connectivity index is 1.93. The number of rotatable bonds is 7. The summed E-state index contributed by atoms with van der Waals surface area (Å²) in [5.41, 5.74) is 5.07. The topological polar surface area (TPSA) is 52.4 Å². The van der Waals surface area contributed by atoms with Crippen molar-refractivity contribution < 1.29 is 14.1 Å². The number of nitro groups is 1. The van der Waals surface area contributed by atoms with Crippen LogP contribution in [0, 0.1) is 15.9 Å². The average Bonchev–Trinajstić information content (AvgIpc) is 2.98. The molecule has 2 atom stereocenters. The molecule has 4 aromatic rings. The zero-order chi connectivity index (χ0) is 28.4. The molecule has 8 heteroatoms. The number of hydrogen-bond acceptors (Lipinski definition) is 5. The lowest BCUT2D eigenvalue weighted by molar-refractivity contribution is -0.384. The quantitative estimate of drug-likeness (QED) is 0.133. The van der Waals surface area contributed by atoms with E-state index in [0.717, 1.165) is 38.3 Å². The molecule has 0 spiro atoms. The van der Waals surface area contributed by atoms with Crippen LogP contribution in [0.1, 0.15) is 28.2 Å². The first-order chi connectivity index (χ1) is 19.3. The van der Waals surface area contributed by atoms with Crippen molar-refractivity contribution in [3.63, 3.8) is 0 Å². The molecule has 202 valence electrons. The molecule has 0 N–H and O–H groups in total. The number of nitrogens with zero attached hydrogens (tertiary/aromatic N) is 1. The zero-order valence-electron chi connectivity index (χ0n) is 21.7. The van der Waals surface area contributed by atoms with Gasteiger partial charge >= 0.3 is 0 Å². The average molecular weight is 590 g/mol. The van der Waals surface area contributed by atoms with Gasteiger partial charge in [-0.2, -0.15) is 12.6 Å². The van der Waals surface area contributed by atoms with Crippen LogP contribution in [0.3, 0.4) is 0 Å². The molecule has 4 aromatic carbocycles. The van der Waals surface area contributed by atoms with Gasteiger partial charge in [-0.3, -0.25) is 10.1 Å². The van der Waals surface area contributed by atoms with Gasteiger partial charge in [-0.1, -0.05) is 78.3 Å². The van der Waals surface area contributed by atoms with E-state index in [1.807, 2.05) is 60.9 Å². The molecule has 0 heterocycles.